The molecule has 1 amide bonds. The first-order valence-electron chi connectivity index (χ1n) is 7.66. The van der Waals surface area contributed by atoms with Gasteiger partial charge in [-0.25, -0.2) is 4.39 Å². The third kappa shape index (κ3) is 2.92. The minimum absolute atomic E-state index is 0.0588. The van der Waals surface area contributed by atoms with Crippen molar-refractivity contribution in [1.82, 2.24) is 10.2 Å². The van der Waals surface area contributed by atoms with Gasteiger partial charge in [-0.2, -0.15) is 0 Å². The molecule has 2 aliphatic rings. The van der Waals surface area contributed by atoms with Gasteiger partial charge in [-0.3, -0.25) is 4.79 Å². The zero-order chi connectivity index (χ0) is 14.8. The summed E-state index contributed by atoms with van der Waals surface area (Å²) in [5.41, 5.74) is 0.287. The van der Waals surface area contributed by atoms with Crippen LogP contribution in [0.1, 0.15) is 42.5 Å². The molecule has 1 aliphatic heterocycles. The van der Waals surface area contributed by atoms with Gasteiger partial charge in [-0.15, -0.1) is 0 Å². The van der Waals surface area contributed by atoms with Crippen LogP contribution in [0.2, 0.25) is 5.02 Å². The number of hydrogen-bond donors (Lipinski definition) is 1. The van der Waals surface area contributed by atoms with Gasteiger partial charge in [-0.1, -0.05) is 30.5 Å². The number of rotatable bonds is 3. The third-order valence-corrected chi connectivity index (χ3v) is 4.95. The van der Waals surface area contributed by atoms with Gasteiger partial charge in [-0.05, 0) is 37.9 Å². The Hall–Kier alpha value is -1.13. The van der Waals surface area contributed by atoms with Gasteiger partial charge in [0.1, 0.15) is 5.82 Å². The van der Waals surface area contributed by atoms with E-state index in [9.17, 15) is 9.18 Å². The number of benzene rings is 1. The van der Waals surface area contributed by atoms with Crippen molar-refractivity contribution in [2.24, 2.45) is 0 Å². The Morgan fingerprint density at radius 3 is 2.67 bits per heavy atom. The van der Waals surface area contributed by atoms with E-state index >= 15 is 0 Å². The second-order valence-electron chi connectivity index (χ2n) is 5.90. The molecule has 0 radical (unpaired) electrons. The molecular weight excluding hydrogens is 291 g/mol. The molecule has 5 heteroatoms. The lowest BCUT2D eigenvalue weighted by atomic mass is 10.1. The van der Waals surface area contributed by atoms with E-state index in [1.54, 1.807) is 12.1 Å². The maximum absolute atomic E-state index is 13.6. The van der Waals surface area contributed by atoms with Gasteiger partial charge in [0.25, 0.3) is 5.91 Å². The summed E-state index contributed by atoms with van der Waals surface area (Å²) in [4.78, 5) is 14.9. The Balaban J connectivity index is 1.91. The molecule has 2 fully saturated rings. The summed E-state index contributed by atoms with van der Waals surface area (Å²) in [7, 11) is 0. The van der Waals surface area contributed by atoms with Gasteiger partial charge >= 0.3 is 0 Å². The second kappa shape index (κ2) is 6.32. The van der Waals surface area contributed by atoms with Crippen LogP contribution in [-0.4, -0.2) is 36.0 Å². The molecule has 1 aromatic rings. The number of carbonyl (C=O) groups excluding carboxylic acids is 1. The van der Waals surface area contributed by atoms with E-state index in [0.717, 1.165) is 45.2 Å². The van der Waals surface area contributed by atoms with Gasteiger partial charge < -0.3 is 10.2 Å². The maximum atomic E-state index is 13.6. The molecule has 1 N–H and O–H groups in total. The maximum Gasteiger partial charge on any atom is 0.256 e. The Bertz CT molecular complexity index is 509. The SMILES string of the molecule is O=C(c1cccc(F)c1Cl)N(C1CCCC1)C1CCNC1. The molecule has 3 nitrogen and oxygen atoms in total. The molecule has 0 spiro atoms. The topological polar surface area (TPSA) is 32.3 Å². The quantitative estimate of drug-likeness (QED) is 0.929. The van der Waals surface area contributed by atoms with Crippen molar-refractivity contribution in [1.29, 1.82) is 0 Å². The first-order chi connectivity index (χ1) is 10.2. The fourth-order valence-electron chi connectivity index (χ4n) is 3.50. The molecule has 1 aromatic carbocycles. The predicted octanol–water partition coefficient (Wildman–Crippen LogP) is 3.23. The first kappa shape index (κ1) is 14.8. The number of carbonyl (C=O) groups is 1. The smallest absolute Gasteiger partial charge is 0.256 e. The summed E-state index contributed by atoms with van der Waals surface area (Å²) < 4.78 is 13.6. The summed E-state index contributed by atoms with van der Waals surface area (Å²) >= 11 is 6.01. The Morgan fingerprint density at radius 1 is 1.24 bits per heavy atom. The Kier molecular flexibility index (Phi) is 4.45. The highest BCUT2D eigenvalue weighted by Crippen LogP contribution is 2.30. The van der Waals surface area contributed by atoms with Crippen molar-refractivity contribution >= 4 is 17.5 Å². The first-order valence-corrected chi connectivity index (χ1v) is 8.03. The fourth-order valence-corrected chi connectivity index (χ4v) is 3.70. The second-order valence-corrected chi connectivity index (χ2v) is 6.28. The van der Waals surface area contributed by atoms with Gasteiger partial charge in [0.15, 0.2) is 0 Å². The zero-order valence-electron chi connectivity index (χ0n) is 11.9. The Morgan fingerprint density at radius 2 is 2.00 bits per heavy atom. The number of nitrogens with zero attached hydrogens (tertiary/aromatic N) is 1. The Labute approximate surface area is 129 Å². The van der Waals surface area contributed by atoms with E-state index < -0.39 is 5.82 Å². The van der Waals surface area contributed by atoms with Crippen LogP contribution >= 0.6 is 11.6 Å². The number of hydrogen-bond acceptors (Lipinski definition) is 2. The average molecular weight is 311 g/mol. The average Bonchev–Trinajstić information content (AvgIpc) is 3.16. The third-order valence-electron chi connectivity index (χ3n) is 4.56. The predicted molar refractivity (Wildman–Crippen MR) is 81.1 cm³/mol. The molecule has 0 aromatic heterocycles. The van der Waals surface area contributed by atoms with Crippen LogP contribution in [0.3, 0.4) is 0 Å². The minimum Gasteiger partial charge on any atom is -0.331 e. The van der Waals surface area contributed by atoms with E-state index in [4.69, 9.17) is 11.6 Å². The van der Waals surface area contributed by atoms with Crippen molar-refractivity contribution in [3.63, 3.8) is 0 Å². The van der Waals surface area contributed by atoms with Crippen LogP contribution in [0.5, 0.6) is 0 Å². The summed E-state index contributed by atoms with van der Waals surface area (Å²) in [5, 5.41) is 3.25. The molecule has 3 rings (SSSR count). The normalized spacial score (nSPS) is 22.7. The molecule has 1 aliphatic carbocycles. The van der Waals surface area contributed by atoms with E-state index in [1.165, 1.54) is 6.07 Å². The van der Waals surface area contributed by atoms with E-state index in [1.807, 2.05) is 4.90 Å². The van der Waals surface area contributed by atoms with Gasteiger partial charge in [0.05, 0.1) is 10.6 Å². The fraction of sp³-hybridized carbons (Fsp3) is 0.562. The zero-order valence-corrected chi connectivity index (χ0v) is 12.7. The lowest BCUT2D eigenvalue weighted by Crippen LogP contribution is -2.47. The molecule has 21 heavy (non-hydrogen) atoms. The highest BCUT2D eigenvalue weighted by Gasteiger charge is 2.35. The molecule has 114 valence electrons. The van der Waals surface area contributed by atoms with E-state index in [0.29, 0.717) is 0 Å². The summed E-state index contributed by atoms with van der Waals surface area (Å²) in [6.45, 7) is 1.74. The number of amides is 1. The van der Waals surface area contributed by atoms with E-state index in [-0.39, 0.29) is 28.6 Å². The summed E-state index contributed by atoms with van der Waals surface area (Å²) in [6.07, 6.45) is 5.34. The summed E-state index contributed by atoms with van der Waals surface area (Å²) in [6, 6.07) is 4.92. The van der Waals surface area contributed by atoms with Crippen LogP contribution in [-0.2, 0) is 0 Å². The van der Waals surface area contributed by atoms with Crippen molar-refractivity contribution in [3.05, 3.63) is 34.6 Å². The van der Waals surface area contributed by atoms with Crippen LogP contribution in [0, 0.1) is 5.82 Å². The molecule has 1 saturated carbocycles. The molecule has 1 unspecified atom stereocenters. The standard InChI is InChI=1S/C16H20ClFN2O/c17-15-13(6-3-7-14(15)18)16(21)20(11-4-1-2-5-11)12-8-9-19-10-12/h3,6-7,11-12,19H,1-2,4-5,8-10H2. The number of nitrogens with one attached hydrogen (secondary N) is 1. The highest BCUT2D eigenvalue weighted by molar-refractivity contribution is 6.34. The van der Waals surface area contributed by atoms with Gasteiger partial charge in [0, 0.05) is 18.6 Å². The van der Waals surface area contributed by atoms with Gasteiger partial charge in [0.2, 0.25) is 0 Å². The van der Waals surface area contributed by atoms with Crippen molar-refractivity contribution in [3.8, 4) is 0 Å². The van der Waals surface area contributed by atoms with E-state index in [2.05, 4.69) is 5.32 Å². The van der Waals surface area contributed by atoms with Crippen LogP contribution in [0.4, 0.5) is 4.39 Å². The monoisotopic (exact) mass is 310 g/mol. The molecule has 1 heterocycles. The molecule has 0 bridgehead atoms. The molecular formula is C16H20ClFN2O. The highest BCUT2D eigenvalue weighted by atomic mass is 35.5. The molecule has 1 saturated heterocycles. The van der Waals surface area contributed by atoms with Crippen LogP contribution in [0.15, 0.2) is 18.2 Å². The lowest BCUT2D eigenvalue weighted by molar-refractivity contribution is 0.0594. The number of halogens is 2. The van der Waals surface area contributed by atoms with Crippen LogP contribution < -0.4 is 5.32 Å². The lowest BCUT2D eigenvalue weighted by Gasteiger charge is -2.34. The van der Waals surface area contributed by atoms with Crippen molar-refractivity contribution < 1.29 is 9.18 Å². The molecule has 1 atom stereocenters. The van der Waals surface area contributed by atoms with Crippen molar-refractivity contribution in [2.75, 3.05) is 13.1 Å². The van der Waals surface area contributed by atoms with Crippen molar-refractivity contribution in [2.45, 2.75) is 44.2 Å². The summed E-state index contributed by atoms with van der Waals surface area (Å²) in [5.74, 6) is -0.654. The van der Waals surface area contributed by atoms with Crippen LogP contribution in [0.25, 0.3) is 0 Å². The largest absolute Gasteiger partial charge is 0.331 e. The minimum atomic E-state index is -0.529.